The van der Waals surface area contributed by atoms with E-state index in [2.05, 4.69) is 0 Å². The second-order valence-electron chi connectivity index (χ2n) is 8.71. The Morgan fingerprint density at radius 1 is 0.650 bits per heavy atom. The zero-order valence-electron chi connectivity index (χ0n) is 23.5. The summed E-state index contributed by atoms with van der Waals surface area (Å²) in [6.07, 6.45) is 0.607. The number of benzene rings is 3. The molecule has 216 valence electrons. The Morgan fingerprint density at radius 2 is 1.18 bits per heavy atom. The summed E-state index contributed by atoms with van der Waals surface area (Å²) in [6, 6.07) is 21.5. The Balaban J connectivity index is 1.84. The number of carbonyl (C=O) groups is 1. The number of hydrogen-bond acceptors (Lipinski definition) is 8. The van der Waals surface area contributed by atoms with Crippen LogP contribution in [0.3, 0.4) is 0 Å². The number of ether oxygens (including phenoxy) is 1. The highest BCUT2D eigenvalue weighted by atomic mass is 31.2. The lowest BCUT2D eigenvalue weighted by atomic mass is 10.0. The van der Waals surface area contributed by atoms with Crippen molar-refractivity contribution < 1.29 is 36.8 Å². The summed E-state index contributed by atoms with van der Waals surface area (Å²) >= 11 is 0. The molecule has 0 fully saturated rings. The Morgan fingerprint density at radius 3 is 1.73 bits per heavy atom. The fourth-order valence-electron chi connectivity index (χ4n) is 4.06. The van der Waals surface area contributed by atoms with Gasteiger partial charge >= 0.3 is 15.2 Å². The highest BCUT2D eigenvalue weighted by Crippen LogP contribution is 2.48. The predicted molar refractivity (Wildman–Crippen MR) is 157 cm³/mol. The van der Waals surface area contributed by atoms with Crippen LogP contribution >= 0.6 is 15.2 Å². The standard InChI is InChI=1S/C30H38O8P2/c1-5-35-39(32,36-6-2)26-17-14-24(15-18-26)16-20-29(31)28-22-27(40(33,37-7-3)38-8-4)19-21-30(28)34-23-25-12-10-9-11-13-25/h9-15,17-19,21-22H,5-8,16,20,23H2,1-4H3. The molecule has 0 radical (unpaired) electrons. The molecule has 0 spiro atoms. The molecule has 8 nitrogen and oxygen atoms in total. The molecule has 0 atom stereocenters. The third-order valence-electron chi connectivity index (χ3n) is 5.91. The third kappa shape index (κ3) is 8.47. The largest absolute Gasteiger partial charge is 0.488 e. The second-order valence-corrected chi connectivity index (χ2v) is 12.8. The van der Waals surface area contributed by atoms with Gasteiger partial charge in [0.15, 0.2) is 5.78 Å². The quantitative estimate of drug-likeness (QED) is 0.125. The van der Waals surface area contributed by atoms with Crippen molar-refractivity contribution >= 4 is 31.6 Å². The van der Waals surface area contributed by atoms with E-state index in [0.717, 1.165) is 11.1 Å². The molecule has 3 aromatic rings. The second kappa shape index (κ2) is 15.4. The molecule has 3 aromatic carbocycles. The Labute approximate surface area is 237 Å². The van der Waals surface area contributed by atoms with Gasteiger partial charge in [0.25, 0.3) is 0 Å². The lowest BCUT2D eigenvalue weighted by molar-refractivity contribution is 0.0978. The smallest absolute Gasteiger partial charge is 0.361 e. The van der Waals surface area contributed by atoms with E-state index in [1.807, 2.05) is 42.5 Å². The molecule has 0 saturated carbocycles. The van der Waals surface area contributed by atoms with Crippen LogP contribution in [0, 0.1) is 0 Å². The molecule has 10 heteroatoms. The van der Waals surface area contributed by atoms with Crippen LogP contribution in [-0.4, -0.2) is 32.2 Å². The van der Waals surface area contributed by atoms with Crippen LogP contribution in [0.15, 0.2) is 72.8 Å². The molecular formula is C30H38O8P2. The minimum Gasteiger partial charge on any atom is -0.488 e. The summed E-state index contributed by atoms with van der Waals surface area (Å²) in [7, 11) is -6.99. The van der Waals surface area contributed by atoms with Crippen molar-refractivity contribution in [1.82, 2.24) is 0 Å². The minimum atomic E-state index is -3.60. The van der Waals surface area contributed by atoms with E-state index in [1.165, 1.54) is 0 Å². The number of hydrogen-bond donors (Lipinski definition) is 0. The van der Waals surface area contributed by atoms with E-state index in [9.17, 15) is 13.9 Å². The van der Waals surface area contributed by atoms with Crippen molar-refractivity contribution in [3.63, 3.8) is 0 Å². The first kappa shape index (κ1) is 32.0. The topological polar surface area (TPSA) is 97.4 Å². The molecule has 0 unspecified atom stereocenters. The summed E-state index contributed by atoms with van der Waals surface area (Å²) in [4.78, 5) is 13.5. The maximum absolute atomic E-state index is 13.5. The fraction of sp³-hybridized carbons (Fsp3) is 0.367. The van der Waals surface area contributed by atoms with Gasteiger partial charge < -0.3 is 22.8 Å². The van der Waals surface area contributed by atoms with Crippen LogP contribution in [0.25, 0.3) is 0 Å². The van der Waals surface area contributed by atoms with E-state index < -0.39 is 15.2 Å². The maximum Gasteiger partial charge on any atom is 0.361 e. The molecule has 0 bridgehead atoms. The average Bonchev–Trinajstić information content (AvgIpc) is 2.96. The lowest BCUT2D eigenvalue weighted by Gasteiger charge is -2.19. The number of carbonyl (C=O) groups excluding carboxylic acids is 1. The zero-order valence-corrected chi connectivity index (χ0v) is 25.3. The van der Waals surface area contributed by atoms with Crippen LogP contribution in [0.1, 0.15) is 55.6 Å². The lowest BCUT2D eigenvalue weighted by Crippen LogP contribution is -2.15. The molecule has 0 aliphatic heterocycles. The molecule has 0 aromatic heterocycles. The maximum atomic E-state index is 13.5. The van der Waals surface area contributed by atoms with E-state index in [1.54, 1.807) is 58.0 Å². The summed E-state index contributed by atoms with van der Waals surface area (Å²) in [5.74, 6) is 0.213. The van der Waals surface area contributed by atoms with E-state index in [4.69, 9.17) is 22.8 Å². The molecule has 0 amide bonds. The van der Waals surface area contributed by atoms with Crippen LogP contribution in [0.2, 0.25) is 0 Å². The Kier molecular flexibility index (Phi) is 12.3. The third-order valence-corrected chi connectivity index (χ3v) is 10.1. The van der Waals surface area contributed by atoms with Crippen molar-refractivity contribution in [3.8, 4) is 5.75 Å². The Bertz CT molecular complexity index is 1310. The number of ketones is 1. The van der Waals surface area contributed by atoms with Crippen LogP contribution < -0.4 is 15.3 Å². The van der Waals surface area contributed by atoms with Gasteiger partial charge in [-0.15, -0.1) is 0 Å². The molecule has 0 saturated heterocycles. The molecule has 0 aliphatic carbocycles. The zero-order chi connectivity index (χ0) is 29.0. The van der Waals surface area contributed by atoms with Crippen LogP contribution in [0.5, 0.6) is 5.75 Å². The highest BCUT2D eigenvalue weighted by Gasteiger charge is 2.29. The monoisotopic (exact) mass is 588 g/mol. The fourth-order valence-corrected chi connectivity index (χ4v) is 7.22. The summed E-state index contributed by atoms with van der Waals surface area (Å²) < 4.78 is 54.3. The van der Waals surface area contributed by atoms with Crippen LogP contribution in [-0.2, 0) is 40.3 Å². The molecule has 0 aliphatic rings. The molecule has 3 rings (SSSR count). The van der Waals surface area contributed by atoms with E-state index in [0.29, 0.717) is 28.3 Å². The minimum absolute atomic E-state index is 0.173. The average molecular weight is 589 g/mol. The molecule has 40 heavy (non-hydrogen) atoms. The van der Waals surface area contributed by atoms with Gasteiger partial charge in [-0.05, 0) is 75.6 Å². The first-order chi connectivity index (χ1) is 19.3. The molecule has 0 N–H and O–H groups in total. The SMILES string of the molecule is CCOP(=O)(OCC)c1ccc(CCC(=O)c2cc(P(=O)(OCC)OCC)ccc2OCc2ccccc2)cc1. The van der Waals surface area contributed by atoms with Gasteiger partial charge in [0, 0.05) is 6.42 Å². The van der Waals surface area contributed by atoms with Crippen molar-refractivity contribution in [1.29, 1.82) is 0 Å². The van der Waals surface area contributed by atoms with Crippen molar-refractivity contribution in [2.45, 2.75) is 47.1 Å². The van der Waals surface area contributed by atoms with Crippen molar-refractivity contribution in [2.75, 3.05) is 26.4 Å². The predicted octanol–water partition coefficient (Wildman–Crippen LogP) is 6.86. The van der Waals surface area contributed by atoms with Gasteiger partial charge in [0.05, 0.1) is 42.6 Å². The number of aryl methyl sites for hydroxylation is 1. The summed E-state index contributed by atoms with van der Waals surface area (Å²) in [5, 5.41) is 0.775. The van der Waals surface area contributed by atoms with Gasteiger partial charge in [0.1, 0.15) is 12.4 Å². The van der Waals surface area contributed by atoms with Gasteiger partial charge in [-0.25, -0.2) is 0 Å². The Hall–Kier alpha value is -2.57. The normalized spacial score (nSPS) is 11.9. The van der Waals surface area contributed by atoms with Gasteiger partial charge in [0.2, 0.25) is 0 Å². The summed E-state index contributed by atoms with van der Waals surface area (Å²) in [6.45, 7) is 8.20. The van der Waals surface area contributed by atoms with Gasteiger partial charge in [-0.3, -0.25) is 13.9 Å². The first-order valence-electron chi connectivity index (χ1n) is 13.5. The van der Waals surface area contributed by atoms with Crippen molar-refractivity contribution in [2.24, 2.45) is 0 Å². The molecule has 0 heterocycles. The van der Waals surface area contributed by atoms with Gasteiger partial charge in [-0.2, -0.15) is 0 Å². The summed E-state index contributed by atoms with van der Waals surface area (Å²) in [5.41, 5.74) is 2.14. The first-order valence-corrected chi connectivity index (χ1v) is 16.6. The van der Waals surface area contributed by atoms with Crippen LogP contribution in [0.4, 0.5) is 0 Å². The van der Waals surface area contributed by atoms with E-state index >= 15 is 0 Å². The highest BCUT2D eigenvalue weighted by molar-refractivity contribution is 7.62. The van der Waals surface area contributed by atoms with Gasteiger partial charge in [-0.1, -0.05) is 42.5 Å². The number of Topliss-reactive ketones (excluding diaryl/α,β-unsaturated/α-hetero) is 1. The molecular weight excluding hydrogens is 550 g/mol. The van der Waals surface area contributed by atoms with E-state index in [-0.39, 0.29) is 45.2 Å². The number of rotatable bonds is 17. The van der Waals surface area contributed by atoms with Crippen molar-refractivity contribution in [3.05, 3.63) is 89.5 Å².